The van der Waals surface area contributed by atoms with Crippen LogP contribution in [-0.4, -0.2) is 11.6 Å². The predicted molar refractivity (Wildman–Crippen MR) is 95.0 cm³/mol. The molecule has 1 atom stereocenters. The molecule has 0 radical (unpaired) electrons. The molecule has 3 rings (SSSR count). The van der Waals surface area contributed by atoms with Crippen molar-refractivity contribution in [3.05, 3.63) is 65.2 Å². The average molecular weight is 327 g/mol. The third kappa shape index (κ3) is 2.45. The summed E-state index contributed by atoms with van der Waals surface area (Å²) in [6.45, 7) is 6.06. The minimum Gasteiger partial charge on any atom is -0.271 e. The average Bonchev–Trinajstić information content (AvgIpc) is 2.82. The molecule has 1 heterocycles. The van der Waals surface area contributed by atoms with Crippen LogP contribution in [0.1, 0.15) is 26.3 Å². The van der Waals surface area contributed by atoms with Gasteiger partial charge in [0.25, 0.3) is 5.91 Å². The number of hydrazone groups is 1. The highest BCUT2D eigenvalue weighted by molar-refractivity contribution is 6.35. The number of hydrogen-bond acceptors (Lipinski definition) is 2. The van der Waals surface area contributed by atoms with Gasteiger partial charge in [-0.25, -0.2) is 0 Å². The first kappa shape index (κ1) is 15.8. The Morgan fingerprint density at radius 1 is 1.04 bits per heavy atom. The second-order valence-electron chi connectivity index (χ2n) is 6.20. The molecule has 0 aliphatic carbocycles. The summed E-state index contributed by atoms with van der Waals surface area (Å²) in [7, 11) is 0. The number of anilines is 1. The molecule has 1 aliphatic heterocycles. The summed E-state index contributed by atoms with van der Waals surface area (Å²) >= 11 is 6.27. The number of amides is 1. The Kier molecular flexibility index (Phi) is 3.99. The Labute approximate surface area is 141 Å². The van der Waals surface area contributed by atoms with E-state index < -0.39 is 5.41 Å². The number of carbonyl (C=O) groups excluding carboxylic acids is 1. The Hall–Kier alpha value is -2.13. The largest absolute Gasteiger partial charge is 0.271 e. The van der Waals surface area contributed by atoms with Crippen LogP contribution in [0.4, 0.5) is 5.69 Å². The standard InChI is InChI=1S/C19H19ClN2O/c1-13(2)17-19(3,14-9-5-4-6-10-14)18(23)22(21-17)16-12-8-7-11-15(16)20/h4-13H,1-3H3. The normalized spacial score (nSPS) is 21.0. The monoisotopic (exact) mass is 326 g/mol. The van der Waals surface area contributed by atoms with Crippen molar-refractivity contribution in [3.63, 3.8) is 0 Å². The van der Waals surface area contributed by atoms with Crippen LogP contribution in [0.2, 0.25) is 5.02 Å². The van der Waals surface area contributed by atoms with Gasteiger partial charge in [-0.2, -0.15) is 10.1 Å². The van der Waals surface area contributed by atoms with Crippen LogP contribution in [0.25, 0.3) is 0 Å². The van der Waals surface area contributed by atoms with E-state index in [1.54, 1.807) is 6.07 Å². The van der Waals surface area contributed by atoms with Crippen LogP contribution < -0.4 is 5.01 Å². The van der Waals surface area contributed by atoms with E-state index in [2.05, 4.69) is 18.9 Å². The number of carbonyl (C=O) groups is 1. The van der Waals surface area contributed by atoms with Gasteiger partial charge in [-0.1, -0.05) is 67.9 Å². The van der Waals surface area contributed by atoms with Crippen LogP contribution in [0.3, 0.4) is 0 Å². The van der Waals surface area contributed by atoms with Crippen molar-refractivity contribution in [2.45, 2.75) is 26.2 Å². The Morgan fingerprint density at radius 3 is 2.26 bits per heavy atom. The Bertz CT molecular complexity index is 770. The minimum atomic E-state index is -0.769. The summed E-state index contributed by atoms with van der Waals surface area (Å²) in [5.74, 6) is 0.0807. The molecule has 2 aromatic rings. The Morgan fingerprint density at radius 2 is 1.65 bits per heavy atom. The maximum Gasteiger partial charge on any atom is 0.263 e. The molecule has 1 unspecified atom stereocenters. The van der Waals surface area contributed by atoms with E-state index in [1.165, 1.54) is 5.01 Å². The predicted octanol–water partition coefficient (Wildman–Crippen LogP) is 4.66. The van der Waals surface area contributed by atoms with Crippen molar-refractivity contribution < 1.29 is 4.79 Å². The summed E-state index contributed by atoms with van der Waals surface area (Å²) in [6.07, 6.45) is 0. The smallest absolute Gasteiger partial charge is 0.263 e. The third-order valence-corrected chi connectivity index (χ3v) is 4.64. The van der Waals surface area contributed by atoms with Crippen LogP contribution >= 0.6 is 11.6 Å². The topological polar surface area (TPSA) is 32.7 Å². The van der Waals surface area contributed by atoms with Crippen molar-refractivity contribution in [3.8, 4) is 0 Å². The van der Waals surface area contributed by atoms with E-state index in [9.17, 15) is 4.79 Å². The van der Waals surface area contributed by atoms with Crippen molar-refractivity contribution in [1.29, 1.82) is 0 Å². The van der Waals surface area contributed by atoms with E-state index in [4.69, 9.17) is 11.6 Å². The number of halogens is 1. The molecule has 0 saturated carbocycles. The fourth-order valence-electron chi connectivity index (χ4n) is 3.10. The van der Waals surface area contributed by atoms with E-state index in [0.717, 1.165) is 11.3 Å². The molecule has 3 nitrogen and oxygen atoms in total. The van der Waals surface area contributed by atoms with E-state index >= 15 is 0 Å². The zero-order chi connectivity index (χ0) is 16.6. The van der Waals surface area contributed by atoms with Crippen LogP contribution in [-0.2, 0) is 10.2 Å². The second kappa shape index (κ2) is 5.82. The first-order chi connectivity index (χ1) is 11.0. The van der Waals surface area contributed by atoms with Crippen LogP contribution in [0, 0.1) is 5.92 Å². The molecular weight excluding hydrogens is 308 g/mol. The highest BCUT2D eigenvalue weighted by Crippen LogP contribution is 2.40. The van der Waals surface area contributed by atoms with E-state index in [-0.39, 0.29) is 11.8 Å². The molecule has 4 heteroatoms. The van der Waals surface area contributed by atoms with Crippen molar-refractivity contribution in [1.82, 2.24) is 0 Å². The summed E-state index contributed by atoms with van der Waals surface area (Å²) in [4.78, 5) is 13.2. The first-order valence-corrected chi connectivity index (χ1v) is 8.07. The van der Waals surface area contributed by atoms with Gasteiger partial charge in [-0.05, 0) is 30.5 Å². The quantitative estimate of drug-likeness (QED) is 0.807. The van der Waals surface area contributed by atoms with Gasteiger partial charge < -0.3 is 0 Å². The van der Waals surface area contributed by atoms with Crippen molar-refractivity contribution in [2.24, 2.45) is 11.0 Å². The van der Waals surface area contributed by atoms with Gasteiger partial charge in [-0.15, -0.1) is 0 Å². The van der Waals surface area contributed by atoms with E-state index in [1.807, 2.05) is 55.5 Å². The number of para-hydroxylation sites is 1. The highest BCUT2D eigenvalue weighted by Gasteiger charge is 2.50. The molecule has 118 valence electrons. The van der Waals surface area contributed by atoms with Crippen LogP contribution in [0.5, 0.6) is 0 Å². The Balaban J connectivity index is 2.15. The van der Waals surface area contributed by atoms with Gasteiger partial charge in [0.2, 0.25) is 0 Å². The highest BCUT2D eigenvalue weighted by atomic mass is 35.5. The zero-order valence-corrected chi connectivity index (χ0v) is 14.2. The van der Waals surface area contributed by atoms with Gasteiger partial charge in [0, 0.05) is 0 Å². The molecule has 0 spiro atoms. The lowest BCUT2D eigenvalue weighted by Crippen LogP contribution is -2.42. The fourth-order valence-corrected chi connectivity index (χ4v) is 3.31. The zero-order valence-electron chi connectivity index (χ0n) is 13.5. The molecule has 2 aromatic carbocycles. The van der Waals surface area contributed by atoms with Gasteiger partial charge in [-0.3, -0.25) is 4.79 Å². The van der Waals surface area contributed by atoms with Gasteiger partial charge in [0.05, 0.1) is 16.4 Å². The number of nitrogens with zero attached hydrogens (tertiary/aromatic N) is 2. The molecule has 0 bridgehead atoms. The summed E-state index contributed by atoms with van der Waals surface area (Å²) in [5.41, 5.74) is 1.66. The maximum absolute atomic E-state index is 13.2. The molecule has 0 saturated heterocycles. The molecule has 0 fully saturated rings. The maximum atomic E-state index is 13.2. The van der Waals surface area contributed by atoms with Gasteiger partial charge >= 0.3 is 0 Å². The number of rotatable bonds is 3. The van der Waals surface area contributed by atoms with Crippen LogP contribution in [0.15, 0.2) is 59.7 Å². The van der Waals surface area contributed by atoms with Crippen molar-refractivity contribution >= 4 is 28.9 Å². The lowest BCUT2D eigenvalue weighted by Gasteiger charge is -2.27. The summed E-state index contributed by atoms with van der Waals surface area (Å²) < 4.78 is 0. The third-order valence-electron chi connectivity index (χ3n) is 4.32. The molecule has 1 amide bonds. The minimum absolute atomic E-state index is 0.0690. The SMILES string of the molecule is CC(C)C1=NN(c2ccccc2Cl)C(=O)C1(C)c1ccccc1. The lowest BCUT2D eigenvalue weighted by molar-refractivity contribution is -0.120. The number of hydrogen-bond donors (Lipinski definition) is 0. The summed E-state index contributed by atoms with van der Waals surface area (Å²) in [6, 6.07) is 17.1. The van der Waals surface area contributed by atoms with E-state index in [0.29, 0.717) is 10.7 Å². The molecule has 23 heavy (non-hydrogen) atoms. The fraction of sp³-hybridized carbons (Fsp3) is 0.263. The number of benzene rings is 2. The molecule has 1 aliphatic rings. The second-order valence-corrected chi connectivity index (χ2v) is 6.61. The molecular formula is C19H19ClN2O. The molecule has 0 aromatic heterocycles. The van der Waals surface area contributed by atoms with Gasteiger partial charge in [0.15, 0.2) is 0 Å². The van der Waals surface area contributed by atoms with Gasteiger partial charge in [0.1, 0.15) is 5.41 Å². The lowest BCUT2D eigenvalue weighted by atomic mass is 9.74. The van der Waals surface area contributed by atoms with Crippen molar-refractivity contribution in [2.75, 3.05) is 5.01 Å². The molecule has 0 N–H and O–H groups in total. The summed E-state index contributed by atoms with van der Waals surface area (Å²) in [5, 5.41) is 6.61. The first-order valence-electron chi connectivity index (χ1n) is 7.70.